The number of nitrogens with one attached hydrogen (secondary N) is 1. The van der Waals surface area contributed by atoms with Crippen molar-refractivity contribution in [1.29, 1.82) is 0 Å². The average Bonchev–Trinajstić information content (AvgIpc) is 2.43. The lowest BCUT2D eigenvalue weighted by Gasteiger charge is -2.23. The second-order valence-corrected chi connectivity index (χ2v) is 4.56. The predicted molar refractivity (Wildman–Crippen MR) is 74.7 cm³/mol. The van der Waals surface area contributed by atoms with Crippen LogP contribution in [0.3, 0.4) is 0 Å². The predicted octanol–water partition coefficient (Wildman–Crippen LogP) is 2.30. The third-order valence-electron chi connectivity index (χ3n) is 3.22. The van der Waals surface area contributed by atoms with Gasteiger partial charge in [0.15, 0.2) is 0 Å². The number of aryl methyl sites for hydroxylation is 1. The number of aliphatic hydroxyl groups is 1. The van der Waals surface area contributed by atoms with Crippen LogP contribution in [-0.2, 0) is 11.2 Å². The van der Waals surface area contributed by atoms with Crippen molar-refractivity contribution in [3.8, 4) is 0 Å². The molecule has 0 aliphatic heterocycles. The molecule has 2 N–H and O–H groups in total. The molecule has 0 saturated carbocycles. The summed E-state index contributed by atoms with van der Waals surface area (Å²) in [5.41, 5.74) is 2.62. The van der Waals surface area contributed by atoms with Crippen LogP contribution in [0.1, 0.15) is 37.4 Å². The maximum atomic E-state index is 9.29. The molecule has 1 aromatic rings. The highest BCUT2D eigenvalue weighted by Crippen LogP contribution is 2.18. The minimum atomic E-state index is -0.00852. The van der Waals surface area contributed by atoms with Crippen LogP contribution in [-0.4, -0.2) is 31.5 Å². The maximum Gasteiger partial charge on any atom is 0.0638 e. The van der Waals surface area contributed by atoms with Crippen molar-refractivity contribution in [3.05, 3.63) is 35.4 Å². The Morgan fingerprint density at radius 1 is 1.22 bits per heavy atom. The van der Waals surface area contributed by atoms with Gasteiger partial charge < -0.3 is 15.2 Å². The zero-order chi connectivity index (χ0) is 13.4. The van der Waals surface area contributed by atoms with E-state index in [4.69, 9.17) is 4.74 Å². The molecule has 0 fully saturated rings. The van der Waals surface area contributed by atoms with E-state index in [9.17, 15) is 5.11 Å². The first kappa shape index (κ1) is 15.2. The van der Waals surface area contributed by atoms with Crippen LogP contribution in [0.5, 0.6) is 0 Å². The van der Waals surface area contributed by atoms with Gasteiger partial charge in [-0.3, -0.25) is 0 Å². The number of hydrogen-bond acceptors (Lipinski definition) is 3. The summed E-state index contributed by atoms with van der Waals surface area (Å²) in [6, 6.07) is 8.94. The van der Waals surface area contributed by atoms with E-state index in [0.717, 1.165) is 12.8 Å². The second-order valence-electron chi connectivity index (χ2n) is 4.56. The van der Waals surface area contributed by atoms with Crippen LogP contribution in [0.15, 0.2) is 24.3 Å². The summed E-state index contributed by atoms with van der Waals surface area (Å²) >= 11 is 0. The van der Waals surface area contributed by atoms with Crippen LogP contribution in [0.2, 0.25) is 0 Å². The molecule has 0 bridgehead atoms. The van der Waals surface area contributed by atoms with E-state index in [1.807, 2.05) is 0 Å². The lowest BCUT2D eigenvalue weighted by atomic mass is 10.0. The Morgan fingerprint density at radius 3 is 2.33 bits per heavy atom. The zero-order valence-corrected chi connectivity index (χ0v) is 11.6. The average molecular weight is 251 g/mol. The first-order valence-corrected chi connectivity index (χ1v) is 6.69. The summed E-state index contributed by atoms with van der Waals surface area (Å²) in [6.07, 6.45) is 2.05. The Labute approximate surface area is 110 Å². The monoisotopic (exact) mass is 251 g/mol. The lowest BCUT2D eigenvalue weighted by molar-refractivity contribution is 0.121. The molecular formula is C15H25NO2. The molecular weight excluding hydrogens is 226 g/mol. The summed E-state index contributed by atoms with van der Waals surface area (Å²) in [7, 11) is 1.65. The Morgan fingerprint density at radius 2 is 1.89 bits per heavy atom. The van der Waals surface area contributed by atoms with Crippen molar-refractivity contribution in [1.82, 2.24) is 5.32 Å². The van der Waals surface area contributed by atoms with E-state index in [2.05, 4.69) is 43.4 Å². The molecule has 18 heavy (non-hydrogen) atoms. The minimum Gasteiger partial charge on any atom is -0.395 e. The summed E-state index contributed by atoms with van der Waals surface area (Å²) in [5.74, 6) is 0. The van der Waals surface area contributed by atoms with Crippen molar-refractivity contribution < 1.29 is 9.84 Å². The van der Waals surface area contributed by atoms with Crippen molar-refractivity contribution in [2.75, 3.05) is 20.3 Å². The molecule has 2 unspecified atom stereocenters. The molecule has 0 aliphatic rings. The summed E-state index contributed by atoms with van der Waals surface area (Å²) < 4.78 is 5.09. The van der Waals surface area contributed by atoms with Crippen LogP contribution in [0.4, 0.5) is 0 Å². The zero-order valence-electron chi connectivity index (χ0n) is 11.6. The normalized spacial score (nSPS) is 14.4. The lowest BCUT2D eigenvalue weighted by Crippen LogP contribution is -2.38. The van der Waals surface area contributed by atoms with Crippen LogP contribution < -0.4 is 5.32 Å². The topological polar surface area (TPSA) is 41.5 Å². The second kappa shape index (κ2) is 8.25. The number of methoxy groups -OCH3 is 1. The van der Waals surface area contributed by atoms with Crippen molar-refractivity contribution in [2.24, 2.45) is 0 Å². The van der Waals surface area contributed by atoms with Crippen LogP contribution in [0, 0.1) is 0 Å². The fraction of sp³-hybridized carbons (Fsp3) is 0.600. The summed E-state index contributed by atoms with van der Waals surface area (Å²) in [5, 5.41) is 12.7. The highest BCUT2D eigenvalue weighted by Gasteiger charge is 2.14. The quantitative estimate of drug-likeness (QED) is 0.745. The highest BCUT2D eigenvalue weighted by molar-refractivity contribution is 5.25. The molecule has 1 rings (SSSR count). The van der Waals surface area contributed by atoms with Gasteiger partial charge in [0.25, 0.3) is 0 Å². The highest BCUT2D eigenvalue weighted by atomic mass is 16.5. The van der Waals surface area contributed by atoms with E-state index in [1.54, 1.807) is 7.11 Å². The van der Waals surface area contributed by atoms with Crippen molar-refractivity contribution in [3.63, 3.8) is 0 Å². The van der Waals surface area contributed by atoms with Gasteiger partial charge in [-0.05, 0) is 24.0 Å². The van der Waals surface area contributed by atoms with Gasteiger partial charge >= 0.3 is 0 Å². The molecule has 0 saturated heterocycles. The maximum absolute atomic E-state index is 9.29. The molecule has 0 radical (unpaired) electrons. The molecule has 1 aromatic carbocycles. The minimum absolute atomic E-state index is 0.00852. The molecule has 102 valence electrons. The Kier molecular flexibility index (Phi) is 6.94. The van der Waals surface area contributed by atoms with Gasteiger partial charge in [0.05, 0.1) is 19.3 Å². The summed E-state index contributed by atoms with van der Waals surface area (Å²) in [6.45, 7) is 4.93. The third kappa shape index (κ3) is 4.41. The standard InChI is InChI=1S/C15H25NO2/c1-4-12-6-8-13(9-7-12)15(5-2)16-14(10-17)11-18-3/h6-9,14-17H,4-5,10-11H2,1-3H3. The third-order valence-corrected chi connectivity index (χ3v) is 3.22. The Bertz CT molecular complexity index is 324. The van der Waals surface area contributed by atoms with E-state index in [-0.39, 0.29) is 18.7 Å². The number of hydrogen-bond donors (Lipinski definition) is 2. The number of ether oxygens (including phenoxy) is 1. The molecule has 0 aromatic heterocycles. The fourth-order valence-electron chi connectivity index (χ4n) is 2.07. The van der Waals surface area contributed by atoms with Gasteiger partial charge in [0.1, 0.15) is 0 Å². The van der Waals surface area contributed by atoms with Gasteiger partial charge in [0, 0.05) is 13.2 Å². The SMILES string of the molecule is CCc1ccc(C(CC)NC(CO)COC)cc1. The van der Waals surface area contributed by atoms with E-state index in [1.165, 1.54) is 11.1 Å². The number of rotatable bonds is 8. The van der Waals surface area contributed by atoms with Crippen molar-refractivity contribution in [2.45, 2.75) is 38.8 Å². The molecule has 3 heteroatoms. The smallest absolute Gasteiger partial charge is 0.0638 e. The number of benzene rings is 1. The Hall–Kier alpha value is -0.900. The summed E-state index contributed by atoms with van der Waals surface area (Å²) in [4.78, 5) is 0. The molecule has 0 aliphatic carbocycles. The van der Waals surface area contributed by atoms with Gasteiger partial charge in [0.2, 0.25) is 0 Å². The number of aliphatic hydroxyl groups excluding tert-OH is 1. The molecule has 0 amide bonds. The molecule has 3 nitrogen and oxygen atoms in total. The first-order chi connectivity index (χ1) is 8.74. The molecule has 0 spiro atoms. The van der Waals surface area contributed by atoms with E-state index < -0.39 is 0 Å². The van der Waals surface area contributed by atoms with Crippen LogP contribution in [0.25, 0.3) is 0 Å². The largest absolute Gasteiger partial charge is 0.395 e. The molecule has 0 heterocycles. The van der Waals surface area contributed by atoms with Gasteiger partial charge in [-0.2, -0.15) is 0 Å². The fourth-order valence-corrected chi connectivity index (χ4v) is 2.07. The van der Waals surface area contributed by atoms with E-state index in [0.29, 0.717) is 6.61 Å². The van der Waals surface area contributed by atoms with E-state index >= 15 is 0 Å². The van der Waals surface area contributed by atoms with Crippen LogP contribution >= 0.6 is 0 Å². The molecule has 2 atom stereocenters. The van der Waals surface area contributed by atoms with Gasteiger partial charge in [-0.1, -0.05) is 38.1 Å². The van der Waals surface area contributed by atoms with Gasteiger partial charge in [-0.15, -0.1) is 0 Å². The van der Waals surface area contributed by atoms with Gasteiger partial charge in [-0.25, -0.2) is 0 Å². The Balaban J connectivity index is 2.68. The first-order valence-electron chi connectivity index (χ1n) is 6.69. The van der Waals surface area contributed by atoms with Crippen molar-refractivity contribution >= 4 is 0 Å².